The van der Waals surface area contributed by atoms with Crippen LogP contribution in [0.5, 0.6) is 0 Å². The lowest BCUT2D eigenvalue weighted by Gasteiger charge is -2.22. The molecule has 0 saturated heterocycles. The Morgan fingerprint density at radius 2 is 1.27 bits per heavy atom. The van der Waals surface area contributed by atoms with Crippen LogP contribution in [-0.4, -0.2) is 19.1 Å². The Bertz CT molecular complexity index is 813. The van der Waals surface area contributed by atoms with E-state index < -0.39 is 7.44 Å². The SMILES string of the molecule is Cc1cc(C)n(P(=O)(c2ccccc2)n2nc(C)cc2C)n1. The van der Waals surface area contributed by atoms with Crippen molar-refractivity contribution in [3.05, 3.63) is 65.2 Å². The van der Waals surface area contributed by atoms with Crippen LogP contribution in [0.25, 0.3) is 0 Å². The van der Waals surface area contributed by atoms with Gasteiger partial charge in [-0.2, -0.15) is 19.1 Å². The number of rotatable bonds is 3. The Labute approximate surface area is 130 Å². The zero-order chi connectivity index (χ0) is 15.9. The summed E-state index contributed by atoms with van der Waals surface area (Å²) >= 11 is 0. The molecule has 3 aromatic rings. The molecule has 0 fully saturated rings. The second kappa shape index (κ2) is 5.25. The van der Waals surface area contributed by atoms with Crippen molar-refractivity contribution in [2.24, 2.45) is 0 Å². The van der Waals surface area contributed by atoms with Crippen molar-refractivity contribution >= 4 is 12.7 Å². The number of benzene rings is 1. The van der Waals surface area contributed by atoms with Gasteiger partial charge in [-0.05, 0) is 52.0 Å². The molecular weight excluding hydrogens is 295 g/mol. The molecule has 2 aromatic heterocycles. The van der Waals surface area contributed by atoms with Crippen LogP contribution in [0.15, 0.2) is 42.5 Å². The number of hydrogen-bond donors (Lipinski definition) is 0. The van der Waals surface area contributed by atoms with E-state index in [2.05, 4.69) is 10.2 Å². The minimum Gasteiger partial charge on any atom is -0.267 e. The highest BCUT2D eigenvalue weighted by atomic mass is 31.2. The molecule has 0 aliphatic carbocycles. The minimum absolute atomic E-state index is 0.715. The normalized spacial score (nSPS) is 11.8. The first-order chi connectivity index (χ1) is 10.4. The molecule has 0 aliphatic rings. The number of hydrogen-bond acceptors (Lipinski definition) is 3. The standard InChI is InChI=1S/C16H19N4OP/c1-12-10-14(3)19(17-12)22(21,16-8-6-5-7-9-16)20-15(4)11-13(2)18-20/h5-11H,1-4H3. The van der Waals surface area contributed by atoms with Crippen LogP contribution < -0.4 is 5.30 Å². The molecule has 114 valence electrons. The lowest BCUT2D eigenvalue weighted by Crippen LogP contribution is -2.21. The van der Waals surface area contributed by atoms with Gasteiger partial charge in [0.25, 0.3) is 0 Å². The summed E-state index contributed by atoms with van der Waals surface area (Å²) in [7, 11) is -3.20. The smallest absolute Gasteiger partial charge is 0.267 e. The molecule has 0 bridgehead atoms. The molecule has 0 N–H and O–H groups in total. The summed E-state index contributed by atoms with van der Waals surface area (Å²) in [4.78, 5) is 0. The topological polar surface area (TPSA) is 52.7 Å². The second-order valence-electron chi connectivity index (χ2n) is 5.51. The molecule has 22 heavy (non-hydrogen) atoms. The van der Waals surface area contributed by atoms with E-state index in [4.69, 9.17) is 0 Å². The first kappa shape index (κ1) is 14.8. The molecule has 3 rings (SSSR count). The highest BCUT2D eigenvalue weighted by Crippen LogP contribution is 2.48. The minimum atomic E-state index is -3.20. The predicted octanol–water partition coefficient (Wildman–Crippen LogP) is 3.23. The first-order valence-corrected chi connectivity index (χ1v) is 8.78. The third kappa shape index (κ3) is 2.22. The molecule has 0 saturated carbocycles. The molecule has 0 aliphatic heterocycles. The van der Waals surface area contributed by atoms with Crippen LogP contribution in [0.4, 0.5) is 0 Å². The Morgan fingerprint density at radius 1 is 0.818 bits per heavy atom. The summed E-state index contributed by atoms with van der Waals surface area (Å²) in [5.74, 6) is 0. The van der Waals surface area contributed by atoms with Gasteiger partial charge in [0.2, 0.25) is 0 Å². The Hall–Kier alpha value is -2.13. The van der Waals surface area contributed by atoms with Gasteiger partial charge >= 0.3 is 7.44 Å². The van der Waals surface area contributed by atoms with E-state index in [1.807, 2.05) is 70.2 Å². The highest BCUT2D eigenvalue weighted by Gasteiger charge is 2.34. The van der Waals surface area contributed by atoms with Gasteiger partial charge in [0.1, 0.15) is 0 Å². The maximum absolute atomic E-state index is 14.1. The number of aryl methyl sites for hydroxylation is 4. The molecule has 6 heteroatoms. The van der Waals surface area contributed by atoms with Crippen molar-refractivity contribution in [1.29, 1.82) is 0 Å². The van der Waals surface area contributed by atoms with Gasteiger partial charge in [-0.3, -0.25) is 4.57 Å². The number of nitrogens with zero attached hydrogens (tertiary/aromatic N) is 4. The van der Waals surface area contributed by atoms with Crippen molar-refractivity contribution < 1.29 is 4.57 Å². The van der Waals surface area contributed by atoms with E-state index in [1.54, 1.807) is 8.90 Å². The van der Waals surface area contributed by atoms with Crippen LogP contribution in [-0.2, 0) is 4.57 Å². The quantitative estimate of drug-likeness (QED) is 0.697. The predicted molar refractivity (Wildman–Crippen MR) is 87.9 cm³/mol. The van der Waals surface area contributed by atoms with Gasteiger partial charge in [-0.15, -0.1) is 0 Å². The monoisotopic (exact) mass is 314 g/mol. The summed E-state index contributed by atoms with van der Waals surface area (Å²) in [5, 5.41) is 9.67. The largest absolute Gasteiger partial charge is 0.331 e. The third-order valence-corrected chi connectivity index (χ3v) is 6.39. The first-order valence-electron chi connectivity index (χ1n) is 7.17. The fraction of sp³-hybridized carbons (Fsp3) is 0.250. The van der Waals surface area contributed by atoms with E-state index in [0.717, 1.165) is 22.8 Å². The maximum Gasteiger partial charge on any atom is 0.331 e. The van der Waals surface area contributed by atoms with E-state index in [0.29, 0.717) is 5.30 Å². The van der Waals surface area contributed by atoms with Crippen LogP contribution >= 0.6 is 7.44 Å². The van der Waals surface area contributed by atoms with Crippen molar-refractivity contribution in [3.63, 3.8) is 0 Å². The van der Waals surface area contributed by atoms with E-state index in [-0.39, 0.29) is 0 Å². The fourth-order valence-electron chi connectivity index (χ4n) is 2.70. The van der Waals surface area contributed by atoms with Crippen LogP contribution in [0.3, 0.4) is 0 Å². The molecular formula is C16H19N4OP. The lowest BCUT2D eigenvalue weighted by atomic mass is 10.4. The Balaban J connectivity index is 2.35. The average Bonchev–Trinajstić information content (AvgIpc) is 3.01. The molecule has 0 unspecified atom stereocenters. The molecule has 0 amide bonds. The molecule has 5 nitrogen and oxygen atoms in total. The van der Waals surface area contributed by atoms with Crippen molar-refractivity contribution in [2.45, 2.75) is 27.7 Å². The van der Waals surface area contributed by atoms with Gasteiger partial charge in [0, 0.05) is 11.4 Å². The molecule has 0 atom stereocenters. The molecule has 2 heterocycles. The van der Waals surface area contributed by atoms with E-state index >= 15 is 0 Å². The van der Waals surface area contributed by atoms with Gasteiger partial charge < -0.3 is 0 Å². The van der Waals surface area contributed by atoms with Crippen LogP contribution in [0, 0.1) is 27.7 Å². The molecule has 0 spiro atoms. The second-order valence-corrected chi connectivity index (χ2v) is 7.87. The van der Waals surface area contributed by atoms with Gasteiger partial charge in [0.05, 0.1) is 16.7 Å². The third-order valence-electron chi connectivity index (χ3n) is 3.58. The summed E-state index contributed by atoms with van der Waals surface area (Å²) in [6, 6.07) is 13.3. The van der Waals surface area contributed by atoms with E-state index in [1.165, 1.54) is 0 Å². The van der Waals surface area contributed by atoms with Crippen molar-refractivity contribution in [2.75, 3.05) is 0 Å². The Morgan fingerprint density at radius 3 is 1.64 bits per heavy atom. The average molecular weight is 314 g/mol. The fourth-order valence-corrected chi connectivity index (χ4v) is 5.36. The van der Waals surface area contributed by atoms with Crippen molar-refractivity contribution in [1.82, 2.24) is 19.1 Å². The maximum atomic E-state index is 14.1. The van der Waals surface area contributed by atoms with Crippen LogP contribution in [0.2, 0.25) is 0 Å². The van der Waals surface area contributed by atoms with Crippen LogP contribution in [0.1, 0.15) is 22.8 Å². The zero-order valence-corrected chi connectivity index (χ0v) is 14.1. The number of aromatic nitrogens is 4. The Kier molecular flexibility index (Phi) is 3.53. The summed E-state index contributed by atoms with van der Waals surface area (Å²) in [6.07, 6.45) is 0. The zero-order valence-electron chi connectivity index (χ0n) is 13.2. The summed E-state index contributed by atoms with van der Waals surface area (Å²) in [5.41, 5.74) is 3.40. The highest BCUT2D eigenvalue weighted by molar-refractivity contribution is 7.68. The molecule has 0 radical (unpaired) electrons. The lowest BCUT2D eigenvalue weighted by molar-refractivity contribution is 0.554. The van der Waals surface area contributed by atoms with Gasteiger partial charge in [0.15, 0.2) is 0 Å². The summed E-state index contributed by atoms with van der Waals surface area (Å²) < 4.78 is 17.3. The van der Waals surface area contributed by atoms with Crippen molar-refractivity contribution in [3.8, 4) is 0 Å². The van der Waals surface area contributed by atoms with E-state index in [9.17, 15) is 4.57 Å². The molecule has 1 aromatic carbocycles. The summed E-state index contributed by atoms with van der Waals surface area (Å²) in [6.45, 7) is 7.64. The van der Waals surface area contributed by atoms with Gasteiger partial charge in [-0.25, -0.2) is 0 Å². The van der Waals surface area contributed by atoms with Gasteiger partial charge in [-0.1, -0.05) is 18.2 Å².